The van der Waals surface area contributed by atoms with Crippen LogP contribution < -0.4 is 0 Å². The van der Waals surface area contributed by atoms with E-state index in [4.69, 9.17) is 4.74 Å². The number of aromatic nitrogens is 1. The van der Waals surface area contributed by atoms with Crippen LogP contribution in [0.1, 0.15) is 35.9 Å². The molecule has 100 valence electrons. The minimum absolute atomic E-state index is 0.215. The van der Waals surface area contributed by atoms with Crippen LogP contribution in [0.4, 0.5) is 0 Å². The number of esters is 1. The average molecular weight is 257 g/mol. The van der Waals surface area contributed by atoms with Gasteiger partial charge in [0.2, 0.25) is 0 Å². The van der Waals surface area contributed by atoms with E-state index in [0.29, 0.717) is 5.69 Å². The molecule has 0 N–H and O–H groups in total. The van der Waals surface area contributed by atoms with Crippen LogP contribution in [0.2, 0.25) is 0 Å². The summed E-state index contributed by atoms with van der Waals surface area (Å²) in [5.74, 6) is -0.296. The summed E-state index contributed by atoms with van der Waals surface area (Å²) in [4.78, 5) is 12.0. The Balaban J connectivity index is 2.61. The molecule has 1 aromatic heterocycles. The van der Waals surface area contributed by atoms with Gasteiger partial charge in [0.15, 0.2) is 0 Å². The maximum Gasteiger partial charge on any atom is 0.355 e. The van der Waals surface area contributed by atoms with Gasteiger partial charge in [0.1, 0.15) is 5.69 Å². The fraction of sp³-hybridized carbons (Fsp3) is 0.312. The van der Waals surface area contributed by atoms with E-state index >= 15 is 0 Å². The third kappa shape index (κ3) is 2.55. The van der Waals surface area contributed by atoms with E-state index in [-0.39, 0.29) is 12.0 Å². The molecular formula is C16H19NO2. The minimum atomic E-state index is -0.296. The topological polar surface area (TPSA) is 31.2 Å². The van der Waals surface area contributed by atoms with Crippen molar-refractivity contribution in [3.05, 3.63) is 47.8 Å². The van der Waals surface area contributed by atoms with Gasteiger partial charge in [-0.25, -0.2) is 4.79 Å². The number of ether oxygens (including phenoxy) is 1. The quantitative estimate of drug-likeness (QED) is 0.782. The smallest absolute Gasteiger partial charge is 0.355 e. The number of carbonyl (C=O) groups is 1. The Morgan fingerprint density at radius 3 is 2.58 bits per heavy atom. The lowest BCUT2D eigenvalue weighted by Gasteiger charge is -2.13. The van der Waals surface area contributed by atoms with E-state index in [1.54, 1.807) is 0 Å². The van der Waals surface area contributed by atoms with Gasteiger partial charge in [-0.3, -0.25) is 0 Å². The van der Waals surface area contributed by atoms with Gasteiger partial charge in [0.25, 0.3) is 0 Å². The molecule has 0 bridgehead atoms. The molecule has 0 unspecified atom stereocenters. The summed E-state index contributed by atoms with van der Waals surface area (Å²) in [6, 6.07) is 10.3. The predicted octanol–water partition coefficient (Wildman–Crippen LogP) is 3.83. The van der Waals surface area contributed by atoms with E-state index in [9.17, 15) is 4.79 Å². The van der Waals surface area contributed by atoms with Crippen LogP contribution in [0.15, 0.2) is 36.5 Å². The minimum Gasteiger partial charge on any atom is -0.464 e. The van der Waals surface area contributed by atoms with Crippen LogP contribution in [0.3, 0.4) is 0 Å². The number of methoxy groups -OCH3 is 1. The van der Waals surface area contributed by atoms with Gasteiger partial charge in [0.05, 0.1) is 7.11 Å². The molecule has 0 radical (unpaired) electrons. The molecule has 2 rings (SSSR count). The second kappa shape index (κ2) is 5.31. The van der Waals surface area contributed by atoms with Crippen molar-refractivity contribution in [1.82, 2.24) is 4.57 Å². The van der Waals surface area contributed by atoms with Gasteiger partial charge in [0, 0.05) is 17.8 Å². The highest BCUT2D eigenvalue weighted by atomic mass is 16.5. The Hall–Kier alpha value is -2.03. The lowest BCUT2D eigenvalue weighted by atomic mass is 10.0. The van der Waals surface area contributed by atoms with Gasteiger partial charge >= 0.3 is 5.97 Å². The summed E-state index contributed by atoms with van der Waals surface area (Å²) in [6.07, 6.45) is 1.94. The zero-order chi connectivity index (χ0) is 14.0. The number of rotatable bonds is 3. The Morgan fingerprint density at radius 2 is 2.00 bits per heavy atom. The summed E-state index contributed by atoms with van der Waals surface area (Å²) >= 11 is 0. The van der Waals surface area contributed by atoms with Crippen LogP contribution in [-0.4, -0.2) is 17.6 Å². The Bertz CT molecular complexity index is 597. The summed E-state index contributed by atoms with van der Waals surface area (Å²) in [7, 11) is 1.42. The molecule has 0 aliphatic rings. The third-order valence-electron chi connectivity index (χ3n) is 3.18. The van der Waals surface area contributed by atoms with E-state index in [1.165, 1.54) is 12.7 Å². The first-order chi connectivity index (χ1) is 9.04. The van der Waals surface area contributed by atoms with E-state index in [0.717, 1.165) is 11.1 Å². The number of nitrogens with zero attached hydrogens (tertiary/aromatic N) is 1. The number of hydrogen-bond donors (Lipinski definition) is 0. The lowest BCUT2D eigenvalue weighted by molar-refractivity contribution is 0.0587. The molecule has 0 aliphatic heterocycles. The highest BCUT2D eigenvalue weighted by Gasteiger charge is 2.20. The fourth-order valence-corrected chi connectivity index (χ4v) is 2.24. The fourth-order valence-electron chi connectivity index (χ4n) is 2.24. The molecule has 19 heavy (non-hydrogen) atoms. The van der Waals surface area contributed by atoms with Crippen LogP contribution in [0, 0.1) is 6.92 Å². The standard InChI is InChI=1S/C16H19NO2/c1-11(2)17-9-8-14(15(17)16(18)19-4)13-7-5-6-12(3)10-13/h5-11H,1-4H3. The first kappa shape index (κ1) is 13.4. The summed E-state index contributed by atoms with van der Waals surface area (Å²) in [5, 5.41) is 0. The van der Waals surface area contributed by atoms with Gasteiger partial charge < -0.3 is 9.30 Å². The molecule has 0 aliphatic carbocycles. The van der Waals surface area contributed by atoms with Crippen molar-refractivity contribution in [3.63, 3.8) is 0 Å². The molecule has 0 saturated carbocycles. The zero-order valence-electron chi connectivity index (χ0n) is 11.8. The highest BCUT2D eigenvalue weighted by molar-refractivity contribution is 5.96. The summed E-state index contributed by atoms with van der Waals surface area (Å²) in [5.41, 5.74) is 3.75. The van der Waals surface area contributed by atoms with Crippen molar-refractivity contribution < 1.29 is 9.53 Å². The van der Waals surface area contributed by atoms with Crippen molar-refractivity contribution in [1.29, 1.82) is 0 Å². The molecule has 0 amide bonds. The number of aryl methyl sites for hydroxylation is 1. The van der Waals surface area contributed by atoms with Crippen molar-refractivity contribution in [2.24, 2.45) is 0 Å². The predicted molar refractivity (Wildman–Crippen MR) is 76.3 cm³/mol. The van der Waals surface area contributed by atoms with Crippen molar-refractivity contribution in [3.8, 4) is 11.1 Å². The largest absolute Gasteiger partial charge is 0.464 e. The first-order valence-electron chi connectivity index (χ1n) is 6.40. The number of hydrogen-bond acceptors (Lipinski definition) is 2. The molecule has 3 heteroatoms. The zero-order valence-corrected chi connectivity index (χ0v) is 11.8. The van der Waals surface area contributed by atoms with Crippen molar-refractivity contribution in [2.45, 2.75) is 26.8 Å². The molecule has 0 fully saturated rings. The second-order valence-electron chi connectivity index (χ2n) is 4.94. The van der Waals surface area contributed by atoms with Gasteiger partial charge in [-0.15, -0.1) is 0 Å². The molecule has 1 aromatic carbocycles. The maximum absolute atomic E-state index is 12.0. The summed E-state index contributed by atoms with van der Waals surface area (Å²) in [6.45, 7) is 6.14. The van der Waals surface area contributed by atoms with E-state index < -0.39 is 0 Å². The van der Waals surface area contributed by atoms with Crippen molar-refractivity contribution >= 4 is 5.97 Å². The van der Waals surface area contributed by atoms with Crippen molar-refractivity contribution in [2.75, 3.05) is 7.11 Å². The Labute approximate surface area is 113 Å². The number of benzene rings is 1. The SMILES string of the molecule is COC(=O)c1c(-c2cccc(C)c2)ccn1C(C)C. The number of carbonyl (C=O) groups excluding carboxylic acids is 1. The van der Waals surface area contributed by atoms with Crippen LogP contribution in [0.25, 0.3) is 11.1 Å². The first-order valence-corrected chi connectivity index (χ1v) is 6.40. The van der Waals surface area contributed by atoms with Crippen LogP contribution in [0.5, 0.6) is 0 Å². The van der Waals surface area contributed by atoms with E-state index in [2.05, 4.69) is 6.07 Å². The summed E-state index contributed by atoms with van der Waals surface area (Å²) < 4.78 is 6.87. The monoisotopic (exact) mass is 257 g/mol. The molecule has 3 nitrogen and oxygen atoms in total. The van der Waals surface area contributed by atoms with Crippen LogP contribution in [-0.2, 0) is 4.74 Å². The third-order valence-corrected chi connectivity index (χ3v) is 3.18. The Kier molecular flexibility index (Phi) is 3.74. The average Bonchev–Trinajstić information content (AvgIpc) is 2.82. The van der Waals surface area contributed by atoms with E-state index in [1.807, 2.05) is 55.8 Å². The van der Waals surface area contributed by atoms with Gasteiger partial charge in [-0.05, 0) is 32.4 Å². The van der Waals surface area contributed by atoms with Crippen LogP contribution >= 0.6 is 0 Å². The highest BCUT2D eigenvalue weighted by Crippen LogP contribution is 2.28. The molecule has 0 saturated heterocycles. The second-order valence-corrected chi connectivity index (χ2v) is 4.94. The maximum atomic E-state index is 12.0. The normalized spacial score (nSPS) is 10.8. The van der Waals surface area contributed by atoms with Gasteiger partial charge in [-0.1, -0.05) is 29.8 Å². The van der Waals surface area contributed by atoms with Gasteiger partial charge in [-0.2, -0.15) is 0 Å². The molecule has 1 heterocycles. The Morgan fingerprint density at radius 1 is 1.26 bits per heavy atom. The molecule has 0 atom stereocenters. The lowest BCUT2D eigenvalue weighted by Crippen LogP contribution is -2.12. The molecular weight excluding hydrogens is 238 g/mol. The molecule has 2 aromatic rings. The molecule has 0 spiro atoms.